The van der Waals surface area contributed by atoms with E-state index < -0.39 is 5.91 Å². The zero-order valence-electron chi connectivity index (χ0n) is 12.1. The van der Waals surface area contributed by atoms with Crippen LogP contribution in [0.2, 0.25) is 0 Å². The summed E-state index contributed by atoms with van der Waals surface area (Å²) in [6.45, 7) is 2.21. The summed E-state index contributed by atoms with van der Waals surface area (Å²) in [5, 5.41) is 0. The topological polar surface area (TPSA) is 76.7 Å². The Hall–Kier alpha value is -2.24. The van der Waals surface area contributed by atoms with Crippen molar-refractivity contribution in [1.82, 2.24) is 10.9 Å². The van der Waals surface area contributed by atoms with Crippen LogP contribution in [0.4, 0.5) is 0 Å². The van der Waals surface area contributed by atoms with Crippen LogP contribution in [-0.2, 0) is 9.59 Å². The zero-order valence-corrected chi connectivity index (χ0v) is 12.1. The number of rotatable bonds is 6. The van der Waals surface area contributed by atoms with Gasteiger partial charge in [-0.15, -0.1) is 0 Å². The Kier molecular flexibility index (Phi) is 5.43. The second-order valence-corrected chi connectivity index (χ2v) is 4.83. The van der Waals surface area contributed by atoms with Crippen LogP contribution in [-0.4, -0.2) is 25.0 Å². The van der Waals surface area contributed by atoms with E-state index in [0.29, 0.717) is 18.1 Å². The normalized spacial score (nSPS) is 14.0. The largest absolute Gasteiger partial charge is 0.490 e. The summed E-state index contributed by atoms with van der Waals surface area (Å²) in [4.78, 5) is 23.2. The van der Waals surface area contributed by atoms with Crippen molar-refractivity contribution in [3.8, 4) is 11.5 Å². The molecule has 21 heavy (non-hydrogen) atoms. The number of benzene rings is 1. The molecule has 114 valence electrons. The van der Waals surface area contributed by atoms with E-state index in [0.717, 1.165) is 19.3 Å². The first-order chi connectivity index (χ1) is 10.2. The Labute approximate surface area is 123 Å². The molecule has 1 aromatic carbocycles. The Bertz CT molecular complexity index is 500. The number of hydrogen-bond donors (Lipinski definition) is 2. The van der Waals surface area contributed by atoms with Gasteiger partial charge in [-0.2, -0.15) is 0 Å². The third-order valence-electron chi connectivity index (χ3n) is 3.31. The monoisotopic (exact) mass is 292 g/mol. The van der Waals surface area contributed by atoms with Crippen LogP contribution in [0.15, 0.2) is 24.3 Å². The van der Waals surface area contributed by atoms with Gasteiger partial charge in [0.05, 0.1) is 6.61 Å². The number of para-hydroxylation sites is 2. The minimum Gasteiger partial charge on any atom is -0.490 e. The van der Waals surface area contributed by atoms with Crippen molar-refractivity contribution in [2.24, 2.45) is 5.92 Å². The number of amides is 2. The molecule has 1 aromatic rings. The lowest BCUT2D eigenvalue weighted by Gasteiger charge is -2.23. The first kappa shape index (κ1) is 15.2. The molecule has 6 nitrogen and oxygen atoms in total. The van der Waals surface area contributed by atoms with Crippen LogP contribution < -0.4 is 20.3 Å². The first-order valence-electron chi connectivity index (χ1n) is 7.14. The average molecular weight is 292 g/mol. The molecule has 1 aliphatic carbocycles. The van der Waals surface area contributed by atoms with Crippen molar-refractivity contribution in [3.63, 3.8) is 0 Å². The Morgan fingerprint density at radius 1 is 1.14 bits per heavy atom. The fourth-order valence-corrected chi connectivity index (χ4v) is 1.93. The molecule has 0 atom stereocenters. The van der Waals surface area contributed by atoms with Gasteiger partial charge in [0, 0.05) is 5.92 Å². The summed E-state index contributed by atoms with van der Waals surface area (Å²) in [7, 11) is 0. The van der Waals surface area contributed by atoms with Crippen LogP contribution in [0, 0.1) is 5.92 Å². The van der Waals surface area contributed by atoms with Crippen molar-refractivity contribution in [1.29, 1.82) is 0 Å². The van der Waals surface area contributed by atoms with Gasteiger partial charge in [-0.25, -0.2) is 0 Å². The fraction of sp³-hybridized carbons (Fsp3) is 0.467. The summed E-state index contributed by atoms with van der Waals surface area (Å²) in [6, 6.07) is 7.13. The molecule has 1 fully saturated rings. The Morgan fingerprint density at radius 2 is 1.81 bits per heavy atom. The number of hydrazine groups is 1. The van der Waals surface area contributed by atoms with Crippen molar-refractivity contribution in [2.45, 2.75) is 26.2 Å². The van der Waals surface area contributed by atoms with E-state index in [4.69, 9.17) is 9.47 Å². The minimum absolute atomic E-state index is 0.0323. The summed E-state index contributed by atoms with van der Waals surface area (Å²) in [6.07, 6.45) is 2.85. The molecule has 0 saturated heterocycles. The Balaban J connectivity index is 1.74. The highest BCUT2D eigenvalue weighted by molar-refractivity contribution is 5.84. The van der Waals surface area contributed by atoms with Crippen molar-refractivity contribution in [2.75, 3.05) is 13.2 Å². The highest BCUT2D eigenvalue weighted by atomic mass is 16.5. The second kappa shape index (κ2) is 7.52. The summed E-state index contributed by atoms with van der Waals surface area (Å²) in [5.74, 6) is 0.578. The summed E-state index contributed by atoms with van der Waals surface area (Å²) < 4.78 is 10.8. The lowest BCUT2D eigenvalue weighted by Crippen LogP contribution is -2.47. The van der Waals surface area contributed by atoms with Gasteiger partial charge in [-0.05, 0) is 31.9 Å². The van der Waals surface area contributed by atoms with Gasteiger partial charge in [-0.3, -0.25) is 20.4 Å². The minimum atomic E-state index is -0.408. The molecular formula is C15H20N2O4. The Morgan fingerprint density at radius 3 is 2.38 bits per heavy atom. The highest BCUT2D eigenvalue weighted by Gasteiger charge is 2.25. The molecule has 2 amide bonds. The number of nitrogens with one attached hydrogen (secondary N) is 2. The number of ether oxygens (including phenoxy) is 2. The maximum absolute atomic E-state index is 11.6. The smallest absolute Gasteiger partial charge is 0.276 e. The standard InChI is InChI=1S/C15H20N2O4/c1-2-20-12-8-3-4-9-13(12)21-10-14(18)16-17-15(19)11-6-5-7-11/h3-4,8-9,11H,2,5-7,10H2,1H3,(H,16,18)(H,17,19). The maximum Gasteiger partial charge on any atom is 0.276 e. The van der Waals surface area contributed by atoms with E-state index in [1.54, 1.807) is 18.2 Å². The third kappa shape index (κ3) is 4.37. The van der Waals surface area contributed by atoms with E-state index in [1.165, 1.54) is 0 Å². The predicted octanol–water partition coefficient (Wildman–Crippen LogP) is 1.41. The molecule has 0 aromatic heterocycles. The predicted molar refractivity (Wildman–Crippen MR) is 76.7 cm³/mol. The molecule has 0 radical (unpaired) electrons. The van der Waals surface area contributed by atoms with Gasteiger partial charge in [0.25, 0.3) is 5.91 Å². The van der Waals surface area contributed by atoms with Gasteiger partial charge in [0.1, 0.15) is 0 Å². The number of hydrogen-bond acceptors (Lipinski definition) is 4. The average Bonchev–Trinajstić information content (AvgIpc) is 2.42. The van der Waals surface area contributed by atoms with E-state index in [1.807, 2.05) is 13.0 Å². The molecule has 0 aliphatic heterocycles. The van der Waals surface area contributed by atoms with Crippen molar-refractivity contribution in [3.05, 3.63) is 24.3 Å². The molecule has 0 bridgehead atoms. The summed E-state index contributed by atoms with van der Waals surface area (Å²) >= 11 is 0. The molecule has 1 saturated carbocycles. The zero-order chi connectivity index (χ0) is 15.1. The second-order valence-electron chi connectivity index (χ2n) is 4.83. The fourth-order valence-electron chi connectivity index (χ4n) is 1.93. The molecular weight excluding hydrogens is 272 g/mol. The lowest BCUT2D eigenvalue weighted by atomic mass is 9.85. The van der Waals surface area contributed by atoms with Gasteiger partial charge in [0.15, 0.2) is 18.1 Å². The molecule has 0 unspecified atom stereocenters. The number of carbonyl (C=O) groups excluding carboxylic acids is 2. The third-order valence-corrected chi connectivity index (χ3v) is 3.31. The van der Waals surface area contributed by atoms with E-state index in [2.05, 4.69) is 10.9 Å². The van der Waals surface area contributed by atoms with E-state index >= 15 is 0 Å². The molecule has 2 rings (SSSR count). The quantitative estimate of drug-likeness (QED) is 0.777. The molecule has 6 heteroatoms. The molecule has 2 N–H and O–H groups in total. The lowest BCUT2D eigenvalue weighted by molar-refractivity contribution is -0.133. The molecule has 0 spiro atoms. The first-order valence-corrected chi connectivity index (χ1v) is 7.14. The number of carbonyl (C=O) groups is 2. The van der Waals surface area contributed by atoms with Gasteiger partial charge in [-0.1, -0.05) is 18.6 Å². The van der Waals surface area contributed by atoms with Gasteiger partial charge >= 0.3 is 0 Å². The van der Waals surface area contributed by atoms with Gasteiger partial charge < -0.3 is 9.47 Å². The van der Waals surface area contributed by atoms with Crippen LogP contribution in [0.25, 0.3) is 0 Å². The van der Waals surface area contributed by atoms with Crippen molar-refractivity contribution >= 4 is 11.8 Å². The molecule has 0 heterocycles. The maximum atomic E-state index is 11.6. The highest BCUT2D eigenvalue weighted by Crippen LogP contribution is 2.26. The van der Waals surface area contributed by atoms with Crippen molar-refractivity contribution < 1.29 is 19.1 Å². The van der Waals surface area contributed by atoms with Crippen LogP contribution in [0.1, 0.15) is 26.2 Å². The molecule has 1 aliphatic rings. The van der Waals surface area contributed by atoms with Crippen LogP contribution in [0.5, 0.6) is 11.5 Å². The van der Waals surface area contributed by atoms with Crippen LogP contribution >= 0.6 is 0 Å². The van der Waals surface area contributed by atoms with Gasteiger partial charge in [0.2, 0.25) is 5.91 Å². The SMILES string of the molecule is CCOc1ccccc1OCC(=O)NNC(=O)C1CCC1. The van der Waals surface area contributed by atoms with E-state index in [-0.39, 0.29) is 18.4 Å². The van der Waals surface area contributed by atoms with Crippen LogP contribution in [0.3, 0.4) is 0 Å². The van der Waals surface area contributed by atoms with E-state index in [9.17, 15) is 9.59 Å². The summed E-state index contributed by atoms with van der Waals surface area (Å²) in [5.41, 5.74) is 4.76.